The van der Waals surface area contributed by atoms with Crippen molar-refractivity contribution in [3.05, 3.63) is 0 Å². The maximum Gasteiger partial charge on any atom is 0.397 e. The molecule has 5 N–H and O–H groups in total. The first-order valence-electron chi connectivity index (χ1n) is 6.18. The van der Waals surface area contributed by atoms with Crippen molar-refractivity contribution in [1.82, 2.24) is 0 Å². The number of hydrogen-bond acceptors (Lipinski definition) is 15. The summed E-state index contributed by atoms with van der Waals surface area (Å²) >= 11 is 0. The topological polar surface area (TPSA) is 318 Å². The molecule has 0 aromatic rings. The summed E-state index contributed by atoms with van der Waals surface area (Å²) in [7, 11) is -28.1. The normalized spacial score (nSPS) is 17.4. The molecule has 0 aromatic heterocycles. The predicted octanol–water partition coefficient (Wildman–Crippen LogP) is -3.81. The molecule has 0 saturated carbocycles. The highest BCUT2D eigenvalue weighted by Gasteiger charge is 2.42. The van der Waals surface area contributed by atoms with E-state index in [-0.39, 0.29) is 0 Å². The Hall–Kier alpha value is -0.650. The summed E-state index contributed by atoms with van der Waals surface area (Å²) in [4.78, 5) is 0. The summed E-state index contributed by atoms with van der Waals surface area (Å²) in [6, 6.07) is 0. The zero-order valence-corrected chi connectivity index (χ0v) is 17.6. The van der Waals surface area contributed by atoms with Gasteiger partial charge in [-0.05, 0) is 0 Å². The molecule has 0 bridgehead atoms. The Bertz CT molecular complexity index is 1020. The third-order valence-electron chi connectivity index (χ3n) is 2.22. The van der Waals surface area contributed by atoms with E-state index < -0.39 is 83.5 Å². The van der Waals surface area contributed by atoms with E-state index in [0.29, 0.717) is 0 Å². The average molecular weight is 552 g/mol. The van der Waals surface area contributed by atoms with Crippen LogP contribution in [0.4, 0.5) is 0 Å². The van der Waals surface area contributed by atoms with Gasteiger partial charge in [-0.1, -0.05) is 0 Å². The maximum atomic E-state index is 11.0. The van der Waals surface area contributed by atoms with E-state index in [4.69, 9.17) is 22.8 Å². The van der Waals surface area contributed by atoms with E-state index in [9.17, 15) is 42.1 Å². The van der Waals surface area contributed by atoms with E-state index in [0.717, 1.165) is 0 Å². The van der Waals surface area contributed by atoms with Crippen LogP contribution in [0.25, 0.3) is 0 Å². The smallest absolute Gasteiger partial charge is 0.264 e. The van der Waals surface area contributed by atoms with Crippen LogP contribution in [0.5, 0.6) is 0 Å². The molecule has 0 aromatic carbocycles. The SMILES string of the molecule is O=S(=O)(O)OC[C@H](OS(=O)(=O)O)C(OS(=O)(=O)O)[C@@H](COS(=O)(=O)O)OS(=O)(=O)O. The molecule has 0 aliphatic rings. The van der Waals surface area contributed by atoms with Crippen molar-refractivity contribution < 1.29 is 85.8 Å². The van der Waals surface area contributed by atoms with E-state index in [1.165, 1.54) is 0 Å². The summed E-state index contributed by atoms with van der Waals surface area (Å²) in [5.74, 6) is 0. The van der Waals surface area contributed by atoms with E-state index in [1.54, 1.807) is 0 Å². The summed E-state index contributed by atoms with van der Waals surface area (Å²) in [6.07, 6.45) is -8.81. The van der Waals surface area contributed by atoms with Crippen molar-refractivity contribution in [2.45, 2.75) is 18.3 Å². The minimum atomic E-state index is -5.78. The molecule has 0 aliphatic carbocycles. The lowest BCUT2D eigenvalue weighted by molar-refractivity contribution is -0.0552. The Morgan fingerprint density at radius 1 is 0.467 bits per heavy atom. The Morgan fingerprint density at radius 3 is 0.933 bits per heavy atom. The van der Waals surface area contributed by atoms with Gasteiger partial charge in [0.05, 0.1) is 13.2 Å². The molecule has 1 unspecified atom stereocenters. The van der Waals surface area contributed by atoms with Crippen molar-refractivity contribution in [2.24, 2.45) is 0 Å². The summed E-state index contributed by atoms with van der Waals surface area (Å²) < 4.78 is 170. The Kier molecular flexibility index (Phi) is 10.1. The van der Waals surface area contributed by atoms with Crippen LogP contribution in [-0.4, -0.2) is 96.4 Å². The highest BCUT2D eigenvalue weighted by Crippen LogP contribution is 2.20. The second-order valence-electron chi connectivity index (χ2n) is 4.54. The molecule has 0 saturated heterocycles. The molecule has 0 amide bonds. The minimum absolute atomic E-state index is 1.84. The highest BCUT2D eigenvalue weighted by atomic mass is 32.3. The van der Waals surface area contributed by atoms with Gasteiger partial charge in [-0.15, -0.1) is 0 Å². The second kappa shape index (κ2) is 10.3. The lowest BCUT2D eigenvalue weighted by Gasteiger charge is -2.28. The fraction of sp³-hybridized carbons (Fsp3) is 1.00. The molecule has 3 atom stereocenters. The largest absolute Gasteiger partial charge is 0.397 e. The van der Waals surface area contributed by atoms with Crippen LogP contribution in [0.15, 0.2) is 0 Å². The molecule has 30 heavy (non-hydrogen) atoms. The van der Waals surface area contributed by atoms with Crippen molar-refractivity contribution in [3.63, 3.8) is 0 Å². The molecule has 25 heteroatoms. The minimum Gasteiger partial charge on any atom is -0.264 e. The predicted molar refractivity (Wildman–Crippen MR) is 84.3 cm³/mol. The summed E-state index contributed by atoms with van der Waals surface area (Å²) in [5, 5.41) is 0. The lowest BCUT2D eigenvalue weighted by atomic mass is 10.1. The van der Waals surface area contributed by atoms with Crippen LogP contribution in [-0.2, 0) is 72.9 Å². The highest BCUT2D eigenvalue weighted by molar-refractivity contribution is 7.82. The molecular formula is C5H12O20S5. The van der Waals surface area contributed by atoms with Crippen LogP contribution in [0.3, 0.4) is 0 Å². The van der Waals surface area contributed by atoms with Gasteiger partial charge in [0.25, 0.3) is 0 Å². The van der Waals surface area contributed by atoms with Gasteiger partial charge in [-0.3, -0.25) is 22.8 Å². The quantitative estimate of drug-likeness (QED) is 0.129. The van der Waals surface area contributed by atoms with Gasteiger partial charge < -0.3 is 0 Å². The van der Waals surface area contributed by atoms with Gasteiger partial charge in [-0.25, -0.2) is 20.9 Å². The van der Waals surface area contributed by atoms with Crippen molar-refractivity contribution in [1.29, 1.82) is 0 Å². The van der Waals surface area contributed by atoms with Gasteiger partial charge in [-0.2, -0.15) is 42.1 Å². The van der Waals surface area contributed by atoms with Crippen molar-refractivity contribution in [3.8, 4) is 0 Å². The Labute approximate surface area is 169 Å². The van der Waals surface area contributed by atoms with Crippen molar-refractivity contribution >= 4 is 52.0 Å². The van der Waals surface area contributed by atoms with Gasteiger partial charge in [0, 0.05) is 0 Å². The average Bonchev–Trinajstić information content (AvgIpc) is 2.40. The van der Waals surface area contributed by atoms with Crippen LogP contribution >= 0.6 is 0 Å². The first-order valence-corrected chi connectivity index (χ1v) is 13.0. The van der Waals surface area contributed by atoms with Gasteiger partial charge >= 0.3 is 52.0 Å². The molecule has 0 fully saturated rings. The molecule has 0 radical (unpaired) electrons. The van der Waals surface area contributed by atoms with Crippen LogP contribution in [0.2, 0.25) is 0 Å². The van der Waals surface area contributed by atoms with Crippen LogP contribution < -0.4 is 0 Å². The first kappa shape index (κ1) is 29.4. The van der Waals surface area contributed by atoms with E-state index in [1.807, 2.05) is 0 Å². The van der Waals surface area contributed by atoms with Crippen molar-refractivity contribution in [2.75, 3.05) is 13.2 Å². The van der Waals surface area contributed by atoms with E-state index in [2.05, 4.69) is 20.9 Å². The van der Waals surface area contributed by atoms with Gasteiger partial charge in [0.1, 0.15) is 18.3 Å². The Balaban J connectivity index is 6.39. The molecule has 20 nitrogen and oxygen atoms in total. The molecule has 0 aliphatic heterocycles. The third kappa shape index (κ3) is 16.1. The third-order valence-corrected chi connectivity index (χ3v) is 4.53. The van der Waals surface area contributed by atoms with Gasteiger partial charge in [0.15, 0.2) is 0 Å². The fourth-order valence-corrected chi connectivity index (χ4v) is 3.57. The monoisotopic (exact) mass is 552 g/mol. The standard InChI is InChI=1S/C5H12O20S5/c6-26(7,8)21-1-3(23-28(12,13)14)5(25-30(18,19)20)4(24-29(15,16)17)2-22-27(9,10)11/h3-5H,1-2H2,(H,6,7,8)(H,9,10,11)(H,12,13,14)(H,15,16,17)(H,18,19,20)/t3-,4+,5?. The molecular weight excluding hydrogens is 540 g/mol. The maximum absolute atomic E-state index is 11.0. The zero-order valence-electron chi connectivity index (χ0n) is 13.5. The molecule has 0 spiro atoms. The zero-order chi connectivity index (χ0) is 24.2. The lowest BCUT2D eigenvalue weighted by Crippen LogP contribution is -2.49. The molecule has 182 valence electrons. The van der Waals surface area contributed by atoms with E-state index >= 15 is 0 Å². The Morgan fingerprint density at radius 2 is 0.733 bits per heavy atom. The van der Waals surface area contributed by atoms with Crippen LogP contribution in [0, 0.1) is 0 Å². The second-order valence-corrected chi connectivity index (χ2v) is 9.86. The summed E-state index contributed by atoms with van der Waals surface area (Å²) in [5.41, 5.74) is 0. The fourth-order valence-electron chi connectivity index (χ4n) is 1.48. The van der Waals surface area contributed by atoms with Crippen LogP contribution in [0.1, 0.15) is 0 Å². The number of rotatable bonds is 14. The molecule has 0 heterocycles. The van der Waals surface area contributed by atoms with Gasteiger partial charge in [0.2, 0.25) is 0 Å². The molecule has 0 rings (SSSR count). The number of hydrogen-bond donors (Lipinski definition) is 5. The first-order chi connectivity index (χ1) is 13.0. The summed E-state index contributed by atoms with van der Waals surface area (Å²) in [6.45, 7) is -3.67.